The second-order valence-electron chi connectivity index (χ2n) is 3.27. The molecule has 84 valence electrons. The van der Waals surface area contributed by atoms with Gasteiger partial charge in [-0.3, -0.25) is 10.4 Å². The Morgan fingerprint density at radius 2 is 2.38 bits per heavy atom. The molecule has 6 nitrogen and oxygen atoms in total. The smallest absolute Gasteiger partial charge is 0.412 e. The predicted octanol–water partition coefficient (Wildman–Crippen LogP) is 1.83. The monoisotopic (exact) mass is 220 g/mol. The predicted molar refractivity (Wildman–Crippen MR) is 59.3 cm³/mol. The third-order valence-corrected chi connectivity index (χ3v) is 2.06. The van der Waals surface area contributed by atoms with Gasteiger partial charge in [0, 0.05) is 5.69 Å². The molecule has 0 saturated heterocycles. The fourth-order valence-corrected chi connectivity index (χ4v) is 1.36. The van der Waals surface area contributed by atoms with Crippen LogP contribution in [0.25, 0.3) is 11.0 Å². The van der Waals surface area contributed by atoms with E-state index in [1.807, 2.05) is 19.1 Å². The van der Waals surface area contributed by atoms with E-state index in [0.717, 1.165) is 11.1 Å². The lowest BCUT2D eigenvalue weighted by molar-refractivity contribution is 0.168. The number of H-pyrrole nitrogens is 1. The molecule has 6 heteroatoms. The number of nitrogens with zero attached hydrogens (tertiary/aromatic N) is 2. The first-order chi connectivity index (χ1) is 7.70. The van der Waals surface area contributed by atoms with Crippen LogP contribution >= 0.6 is 0 Å². The Kier molecular flexibility index (Phi) is 2.72. The van der Waals surface area contributed by atoms with E-state index < -0.39 is 6.09 Å². The topological polar surface area (TPSA) is 79.9 Å². The normalized spacial score (nSPS) is 10.4. The molecule has 0 aliphatic heterocycles. The van der Waals surface area contributed by atoms with Gasteiger partial charge in [0.05, 0.1) is 12.0 Å². The first kappa shape index (κ1) is 10.4. The molecular formula is C10H12N4O2. The molecule has 0 aliphatic carbocycles. The van der Waals surface area contributed by atoms with Crippen molar-refractivity contribution in [2.45, 2.75) is 13.8 Å². The molecule has 0 bridgehead atoms. The minimum atomic E-state index is -0.517. The minimum absolute atomic E-state index is 0.325. The van der Waals surface area contributed by atoms with E-state index in [1.165, 1.54) is 0 Å². The SMILES string of the molecule is CCOC(=O)Nc1n[nH]c2nc(C)ccc12. The summed E-state index contributed by atoms with van der Waals surface area (Å²) in [5, 5.41) is 10.0. The van der Waals surface area contributed by atoms with Gasteiger partial charge in [0.25, 0.3) is 0 Å². The maximum absolute atomic E-state index is 11.2. The van der Waals surface area contributed by atoms with Crippen LogP contribution in [0.4, 0.5) is 10.6 Å². The van der Waals surface area contributed by atoms with Crippen molar-refractivity contribution in [3.63, 3.8) is 0 Å². The lowest BCUT2D eigenvalue weighted by Crippen LogP contribution is -2.13. The number of anilines is 1. The molecule has 2 heterocycles. The largest absolute Gasteiger partial charge is 0.450 e. The maximum Gasteiger partial charge on any atom is 0.412 e. The van der Waals surface area contributed by atoms with Crippen molar-refractivity contribution in [1.29, 1.82) is 0 Å². The number of aryl methyl sites for hydroxylation is 1. The number of nitrogens with one attached hydrogen (secondary N) is 2. The van der Waals surface area contributed by atoms with E-state index in [1.54, 1.807) is 6.92 Å². The average Bonchev–Trinajstić information content (AvgIpc) is 2.61. The van der Waals surface area contributed by atoms with Gasteiger partial charge in [0.1, 0.15) is 0 Å². The molecule has 0 fully saturated rings. The molecule has 16 heavy (non-hydrogen) atoms. The van der Waals surface area contributed by atoms with Crippen LogP contribution in [0.1, 0.15) is 12.6 Å². The van der Waals surface area contributed by atoms with Crippen LogP contribution in [-0.4, -0.2) is 27.9 Å². The van der Waals surface area contributed by atoms with Crippen molar-refractivity contribution >= 4 is 22.9 Å². The number of aromatic nitrogens is 3. The van der Waals surface area contributed by atoms with Gasteiger partial charge in [-0.05, 0) is 26.0 Å². The molecule has 2 aromatic heterocycles. The molecular weight excluding hydrogens is 208 g/mol. The summed E-state index contributed by atoms with van der Waals surface area (Å²) in [7, 11) is 0. The Labute approximate surface area is 92.0 Å². The number of carbonyl (C=O) groups is 1. The van der Waals surface area contributed by atoms with Crippen LogP contribution in [0.5, 0.6) is 0 Å². The summed E-state index contributed by atoms with van der Waals surface area (Å²) in [6, 6.07) is 3.71. The van der Waals surface area contributed by atoms with Crippen molar-refractivity contribution in [2.24, 2.45) is 0 Å². The quantitative estimate of drug-likeness (QED) is 0.809. The summed E-state index contributed by atoms with van der Waals surface area (Å²) in [5.41, 5.74) is 1.53. The highest BCUT2D eigenvalue weighted by molar-refractivity contribution is 5.95. The molecule has 2 rings (SSSR count). The van der Waals surface area contributed by atoms with E-state index >= 15 is 0 Å². The summed E-state index contributed by atoms with van der Waals surface area (Å²) in [4.78, 5) is 15.5. The molecule has 0 aliphatic rings. The van der Waals surface area contributed by atoms with Crippen molar-refractivity contribution in [3.05, 3.63) is 17.8 Å². The zero-order chi connectivity index (χ0) is 11.5. The van der Waals surface area contributed by atoms with E-state index in [4.69, 9.17) is 4.74 Å². The van der Waals surface area contributed by atoms with Gasteiger partial charge in [0.15, 0.2) is 11.5 Å². The molecule has 0 aromatic carbocycles. The Hall–Kier alpha value is -2.11. The Bertz CT molecular complexity index is 521. The van der Waals surface area contributed by atoms with Gasteiger partial charge in [-0.15, -0.1) is 0 Å². The summed E-state index contributed by atoms with van der Waals surface area (Å²) in [6.07, 6.45) is -0.517. The van der Waals surface area contributed by atoms with Crippen LogP contribution in [0.15, 0.2) is 12.1 Å². The zero-order valence-corrected chi connectivity index (χ0v) is 9.07. The van der Waals surface area contributed by atoms with E-state index in [-0.39, 0.29) is 0 Å². The van der Waals surface area contributed by atoms with Gasteiger partial charge in [-0.1, -0.05) is 0 Å². The number of amides is 1. The van der Waals surface area contributed by atoms with Crippen LogP contribution < -0.4 is 5.32 Å². The number of carbonyl (C=O) groups excluding carboxylic acids is 1. The van der Waals surface area contributed by atoms with E-state index in [2.05, 4.69) is 20.5 Å². The number of pyridine rings is 1. The number of rotatable bonds is 2. The Morgan fingerprint density at radius 1 is 1.56 bits per heavy atom. The van der Waals surface area contributed by atoms with Crippen LogP contribution in [0.2, 0.25) is 0 Å². The van der Waals surface area contributed by atoms with Gasteiger partial charge in [-0.2, -0.15) is 5.10 Å². The van der Waals surface area contributed by atoms with Crippen LogP contribution in [-0.2, 0) is 4.74 Å². The molecule has 0 unspecified atom stereocenters. The van der Waals surface area contributed by atoms with Gasteiger partial charge in [0.2, 0.25) is 0 Å². The van der Waals surface area contributed by atoms with Crippen LogP contribution in [0, 0.1) is 6.92 Å². The first-order valence-corrected chi connectivity index (χ1v) is 4.96. The third-order valence-electron chi connectivity index (χ3n) is 2.06. The number of ether oxygens (including phenoxy) is 1. The van der Waals surface area contributed by atoms with E-state index in [9.17, 15) is 4.79 Å². The second kappa shape index (κ2) is 4.18. The van der Waals surface area contributed by atoms with Crippen molar-refractivity contribution < 1.29 is 9.53 Å². The summed E-state index contributed by atoms with van der Waals surface area (Å²) in [6.45, 7) is 3.96. The molecule has 0 saturated carbocycles. The number of aromatic amines is 1. The molecule has 2 aromatic rings. The van der Waals surface area contributed by atoms with Crippen molar-refractivity contribution in [2.75, 3.05) is 11.9 Å². The van der Waals surface area contributed by atoms with Crippen molar-refractivity contribution in [1.82, 2.24) is 15.2 Å². The zero-order valence-electron chi connectivity index (χ0n) is 9.07. The highest BCUT2D eigenvalue weighted by Crippen LogP contribution is 2.18. The van der Waals surface area contributed by atoms with Gasteiger partial charge < -0.3 is 4.74 Å². The minimum Gasteiger partial charge on any atom is -0.450 e. The Balaban J connectivity index is 2.28. The Morgan fingerprint density at radius 3 is 3.12 bits per heavy atom. The second-order valence-corrected chi connectivity index (χ2v) is 3.27. The summed E-state index contributed by atoms with van der Waals surface area (Å²) >= 11 is 0. The summed E-state index contributed by atoms with van der Waals surface area (Å²) in [5.74, 6) is 0.431. The lowest BCUT2D eigenvalue weighted by Gasteiger charge is -2.01. The number of hydrogen-bond donors (Lipinski definition) is 2. The average molecular weight is 220 g/mol. The molecule has 0 radical (unpaired) electrons. The lowest BCUT2D eigenvalue weighted by atomic mass is 10.3. The molecule has 2 N–H and O–H groups in total. The number of hydrogen-bond acceptors (Lipinski definition) is 4. The maximum atomic E-state index is 11.2. The standard InChI is InChI=1S/C10H12N4O2/c1-3-16-10(15)12-9-7-5-4-6(2)11-8(7)13-14-9/h4-5H,3H2,1-2H3,(H2,11,12,13,14,15). The van der Waals surface area contributed by atoms with Gasteiger partial charge in [-0.25, -0.2) is 9.78 Å². The third kappa shape index (κ3) is 1.95. The fraction of sp³-hybridized carbons (Fsp3) is 0.300. The number of fused-ring (bicyclic) bond motifs is 1. The molecule has 0 spiro atoms. The molecule has 0 atom stereocenters. The highest BCUT2D eigenvalue weighted by Gasteiger charge is 2.10. The van der Waals surface area contributed by atoms with Gasteiger partial charge >= 0.3 is 6.09 Å². The van der Waals surface area contributed by atoms with Crippen molar-refractivity contribution in [3.8, 4) is 0 Å². The molecule has 1 amide bonds. The van der Waals surface area contributed by atoms with E-state index in [0.29, 0.717) is 18.1 Å². The first-order valence-electron chi connectivity index (χ1n) is 4.96. The highest BCUT2D eigenvalue weighted by atomic mass is 16.5. The fourth-order valence-electron chi connectivity index (χ4n) is 1.36. The summed E-state index contributed by atoms with van der Waals surface area (Å²) < 4.78 is 4.76. The van der Waals surface area contributed by atoms with Crippen LogP contribution in [0.3, 0.4) is 0 Å².